The highest BCUT2D eigenvalue weighted by atomic mass is 32.1. The molecule has 10 heteroatoms. The molecule has 0 bridgehead atoms. The largest absolute Gasteiger partial charge is 0.476 e. The van der Waals surface area contributed by atoms with E-state index in [9.17, 15) is 9.59 Å². The van der Waals surface area contributed by atoms with Crippen molar-refractivity contribution >= 4 is 29.0 Å². The van der Waals surface area contributed by atoms with Crippen molar-refractivity contribution in [1.29, 1.82) is 0 Å². The Morgan fingerprint density at radius 3 is 2.67 bits per heavy atom. The van der Waals surface area contributed by atoms with Gasteiger partial charge in [-0.3, -0.25) is 19.5 Å². The van der Waals surface area contributed by atoms with Gasteiger partial charge in [0.15, 0.2) is 4.88 Å². The van der Waals surface area contributed by atoms with Gasteiger partial charge in [-0.05, 0) is 69.0 Å². The van der Waals surface area contributed by atoms with Gasteiger partial charge in [-0.25, -0.2) is 9.97 Å². The van der Waals surface area contributed by atoms with Crippen LogP contribution in [0.5, 0.6) is 5.88 Å². The number of ether oxygens (including phenoxy) is 1. The molecule has 1 aliphatic heterocycles. The maximum Gasteiger partial charge on any atom is 0.266 e. The van der Waals surface area contributed by atoms with Crippen LogP contribution in [-0.4, -0.2) is 58.4 Å². The molecular formula is C26H30N6O3S. The summed E-state index contributed by atoms with van der Waals surface area (Å²) >= 11 is 1.28. The van der Waals surface area contributed by atoms with Gasteiger partial charge in [0.2, 0.25) is 11.8 Å². The second kappa shape index (κ2) is 11.1. The Morgan fingerprint density at radius 1 is 1.11 bits per heavy atom. The Balaban J connectivity index is 1.22. The van der Waals surface area contributed by atoms with Crippen molar-refractivity contribution in [3.8, 4) is 16.5 Å². The molecule has 3 aromatic heterocycles. The number of hydrogen-bond acceptors (Lipinski definition) is 8. The van der Waals surface area contributed by atoms with E-state index in [1.165, 1.54) is 11.3 Å². The maximum absolute atomic E-state index is 12.5. The summed E-state index contributed by atoms with van der Waals surface area (Å²) in [6.07, 6.45) is 7.37. The summed E-state index contributed by atoms with van der Waals surface area (Å²) in [5.74, 6) is 1.11. The van der Waals surface area contributed by atoms with E-state index < -0.39 is 0 Å². The van der Waals surface area contributed by atoms with Gasteiger partial charge >= 0.3 is 0 Å². The highest BCUT2D eigenvalue weighted by molar-refractivity contribution is 7.17. The van der Waals surface area contributed by atoms with Crippen molar-refractivity contribution < 1.29 is 14.3 Å². The number of nitrogens with one attached hydrogen (secondary N) is 2. The van der Waals surface area contributed by atoms with Crippen molar-refractivity contribution in [2.45, 2.75) is 32.2 Å². The third kappa shape index (κ3) is 6.06. The zero-order valence-corrected chi connectivity index (χ0v) is 21.1. The number of anilines is 1. The van der Waals surface area contributed by atoms with Gasteiger partial charge < -0.3 is 15.4 Å². The lowest BCUT2D eigenvalue weighted by Gasteiger charge is -2.31. The molecule has 4 heterocycles. The van der Waals surface area contributed by atoms with Crippen LogP contribution in [-0.2, 0) is 11.3 Å². The first-order valence-corrected chi connectivity index (χ1v) is 13.2. The van der Waals surface area contributed by atoms with E-state index in [4.69, 9.17) is 4.74 Å². The number of thiazole rings is 1. The van der Waals surface area contributed by atoms with Crippen molar-refractivity contribution in [2.24, 2.45) is 11.8 Å². The van der Waals surface area contributed by atoms with Crippen LogP contribution >= 0.6 is 11.3 Å². The monoisotopic (exact) mass is 506 g/mol. The summed E-state index contributed by atoms with van der Waals surface area (Å²) in [7, 11) is 1.60. The summed E-state index contributed by atoms with van der Waals surface area (Å²) in [6, 6.07) is 9.62. The van der Waals surface area contributed by atoms with Gasteiger partial charge in [0.05, 0.1) is 12.3 Å². The van der Waals surface area contributed by atoms with Gasteiger partial charge in [-0.2, -0.15) is 0 Å². The molecule has 2 aliphatic rings. The van der Waals surface area contributed by atoms with Crippen LogP contribution in [0.2, 0.25) is 0 Å². The predicted octanol–water partition coefficient (Wildman–Crippen LogP) is 3.60. The van der Waals surface area contributed by atoms with E-state index in [-0.39, 0.29) is 17.7 Å². The molecule has 2 amide bonds. The SMILES string of the molecule is CNC(=O)c1sc(-c2ccnc(NC(=O)C3CC3)c2)nc1OCC1CCN(Cc2ccccn2)CC1. The molecule has 1 saturated carbocycles. The molecule has 0 aromatic carbocycles. The van der Waals surface area contributed by atoms with E-state index in [1.807, 2.05) is 24.4 Å². The Kier molecular flexibility index (Phi) is 7.52. The fraction of sp³-hybridized carbons (Fsp3) is 0.423. The minimum absolute atomic E-state index is 0.0000556. The van der Waals surface area contributed by atoms with Gasteiger partial charge in [0.25, 0.3) is 5.91 Å². The summed E-state index contributed by atoms with van der Waals surface area (Å²) in [4.78, 5) is 40.8. The fourth-order valence-electron chi connectivity index (χ4n) is 4.22. The standard InChI is InChI=1S/C26H30N6O3S/c1-27-24(34)22-25(35-16-17-8-12-32(13-9-17)15-20-4-2-3-10-28-20)31-26(36-22)19-7-11-29-21(14-19)30-23(33)18-5-6-18/h2-4,7,10-11,14,17-18H,5-6,8-9,12-13,15-16H2,1H3,(H,27,34)(H,29,30,33). The number of nitrogens with zero attached hydrogens (tertiary/aromatic N) is 4. The molecule has 2 fully saturated rings. The molecule has 0 spiro atoms. The summed E-state index contributed by atoms with van der Waals surface area (Å²) in [6.45, 7) is 3.35. The van der Waals surface area contributed by atoms with Crippen LogP contribution in [0.4, 0.5) is 5.82 Å². The highest BCUT2D eigenvalue weighted by Crippen LogP contribution is 2.34. The van der Waals surface area contributed by atoms with Crippen LogP contribution in [0.1, 0.15) is 41.0 Å². The predicted molar refractivity (Wildman–Crippen MR) is 138 cm³/mol. The van der Waals surface area contributed by atoms with Crippen LogP contribution in [0.25, 0.3) is 10.6 Å². The first-order valence-electron chi connectivity index (χ1n) is 12.3. The van der Waals surface area contributed by atoms with Crippen molar-refractivity contribution in [2.75, 3.05) is 32.1 Å². The number of rotatable bonds is 9. The molecule has 3 aromatic rings. The Hall–Kier alpha value is -3.37. The van der Waals surface area contributed by atoms with Gasteiger partial charge in [-0.15, -0.1) is 11.3 Å². The summed E-state index contributed by atoms with van der Waals surface area (Å²) < 4.78 is 6.11. The average molecular weight is 507 g/mol. The number of likely N-dealkylation sites (tertiary alicyclic amines) is 1. The van der Waals surface area contributed by atoms with E-state index >= 15 is 0 Å². The fourth-order valence-corrected chi connectivity index (χ4v) is 5.17. The molecule has 1 saturated heterocycles. The van der Waals surface area contributed by atoms with Crippen molar-refractivity contribution in [1.82, 2.24) is 25.2 Å². The molecule has 0 unspecified atom stereocenters. The molecule has 1 aliphatic carbocycles. The van der Waals surface area contributed by atoms with Crippen LogP contribution < -0.4 is 15.4 Å². The second-order valence-electron chi connectivity index (χ2n) is 9.28. The number of piperidine rings is 1. The third-order valence-electron chi connectivity index (χ3n) is 6.51. The molecule has 36 heavy (non-hydrogen) atoms. The number of carbonyl (C=O) groups is 2. The minimum Gasteiger partial charge on any atom is -0.476 e. The lowest BCUT2D eigenvalue weighted by atomic mass is 9.98. The van der Waals surface area contributed by atoms with Gasteiger partial charge in [0, 0.05) is 37.5 Å². The second-order valence-corrected chi connectivity index (χ2v) is 10.3. The quantitative estimate of drug-likeness (QED) is 0.456. The molecule has 0 radical (unpaired) electrons. The Morgan fingerprint density at radius 2 is 1.94 bits per heavy atom. The van der Waals surface area contributed by atoms with E-state index in [2.05, 4.69) is 36.6 Å². The normalized spacial score (nSPS) is 16.5. The average Bonchev–Trinajstić information content (AvgIpc) is 3.68. The van der Waals surface area contributed by atoms with Crippen molar-refractivity contribution in [3.05, 3.63) is 53.3 Å². The number of amides is 2. The minimum atomic E-state index is -0.227. The Labute approximate surface area is 214 Å². The molecule has 5 rings (SSSR count). The topological polar surface area (TPSA) is 109 Å². The maximum atomic E-state index is 12.5. The third-order valence-corrected chi connectivity index (χ3v) is 7.59. The number of pyridine rings is 2. The molecule has 2 N–H and O–H groups in total. The van der Waals surface area contributed by atoms with Gasteiger partial charge in [0.1, 0.15) is 10.8 Å². The lowest BCUT2D eigenvalue weighted by molar-refractivity contribution is -0.117. The smallest absolute Gasteiger partial charge is 0.266 e. The molecule has 9 nitrogen and oxygen atoms in total. The number of carbonyl (C=O) groups excluding carboxylic acids is 2. The highest BCUT2D eigenvalue weighted by Gasteiger charge is 2.30. The van der Waals surface area contributed by atoms with Crippen LogP contribution in [0.15, 0.2) is 42.7 Å². The summed E-state index contributed by atoms with van der Waals surface area (Å²) in [5.41, 5.74) is 1.87. The van der Waals surface area contributed by atoms with E-state index in [0.717, 1.165) is 56.6 Å². The molecule has 188 valence electrons. The zero-order chi connectivity index (χ0) is 24.9. The van der Waals surface area contributed by atoms with Crippen molar-refractivity contribution in [3.63, 3.8) is 0 Å². The molecular weight excluding hydrogens is 476 g/mol. The first kappa shape index (κ1) is 24.3. The van der Waals surface area contributed by atoms with Crippen LogP contribution in [0, 0.1) is 11.8 Å². The molecule has 0 atom stereocenters. The van der Waals surface area contributed by atoms with E-state index in [1.54, 1.807) is 19.3 Å². The van der Waals surface area contributed by atoms with Crippen LogP contribution in [0.3, 0.4) is 0 Å². The zero-order valence-electron chi connectivity index (χ0n) is 20.3. The Bertz CT molecular complexity index is 1210. The number of aromatic nitrogens is 3. The summed E-state index contributed by atoms with van der Waals surface area (Å²) in [5, 5.41) is 6.20. The van der Waals surface area contributed by atoms with Gasteiger partial charge in [-0.1, -0.05) is 6.07 Å². The first-order chi connectivity index (χ1) is 17.6. The number of hydrogen-bond donors (Lipinski definition) is 2. The van der Waals surface area contributed by atoms with E-state index in [0.29, 0.717) is 34.1 Å². The lowest BCUT2D eigenvalue weighted by Crippen LogP contribution is -2.35.